The Morgan fingerprint density at radius 1 is 0.833 bits per heavy atom. The SMILES string of the molecule is O=C(Cc1ccc(-c2ccccc2)cc1)Nc1ccc(=O)n(-c2cccc(F)c2)c1. The van der Waals surface area contributed by atoms with Crippen LogP contribution in [-0.2, 0) is 11.2 Å². The second-order valence-electron chi connectivity index (χ2n) is 6.89. The van der Waals surface area contributed by atoms with E-state index in [1.165, 1.54) is 41.1 Å². The normalized spacial score (nSPS) is 10.6. The van der Waals surface area contributed by atoms with Crippen LogP contribution in [0.15, 0.2) is 102 Å². The van der Waals surface area contributed by atoms with Crippen LogP contribution in [0.4, 0.5) is 10.1 Å². The highest BCUT2D eigenvalue weighted by atomic mass is 19.1. The summed E-state index contributed by atoms with van der Waals surface area (Å²) in [4.78, 5) is 24.6. The molecule has 1 aromatic heterocycles. The van der Waals surface area contributed by atoms with Gasteiger partial charge < -0.3 is 5.32 Å². The second kappa shape index (κ2) is 8.57. The fraction of sp³-hybridized carbons (Fsp3) is 0.0400. The van der Waals surface area contributed by atoms with Crippen LogP contribution in [0.5, 0.6) is 0 Å². The first-order valence-corrected chi connectivity index (χ1v) is 9.51. The van der Waals surface area contributed by atoms with Gasteiger partial charge in [-0.05, 0) is 41.0 Å². The summed E-state index contributed by atoms with van der Waals surface area (Å²) in [7, 11) is 0. The van der Waals surface area contributed by atoms with Gasteiger partial charge in [0.1, 0.15) is 5.82 Å². The summed E-state index contributed by atoms with van der Waals surface area (Å²) in [5.74, 6) is -0.639. The highest BCUT2D eigenvalue weighted by molar-refractivity contribution is 5.92. The summed E-state index contributed by atoms with van der Waals surface area (Å²) >= 11 is 0. The molecule has 0 fully saturated rings. The number of carbonyl (C=O) groups is 1. The first kappa shape index (κ1) is 19.3. The third-order valence-corrected chi connectivity index (χ3v) is 4.71. The van der Waals surface area contributed by atoms with Crippen LogP contribution < -0.4 is 10.9 Å². The Morgan fingerprint density at radius 3 is 2.30 bits per heavy atom. The molecule has 1 N–H and O–H groups in total. The fourth-order valence-corrected chi connectivity index (χ4v) is 3.23. The fourth-order valence-electron chi connectivity index (χ4n) is 3.23. The van der Waals surface area contributed by atoms with Gasteiger partial charge in [0.2, 0.25) is 5.91 Å². The van der Waals surface area contributed by atoms with Crippen molar-refractivity contribution in [1.82, 2.24) is 4.57 Å². The van der Waals surface area contributed by atoms with Gasteiger partial charge in [-0.1, -0.05) is 60.7 Å². The number of pyridine rings is 1. The molecule has 3 aromatic carbocycles. The lowest BCUT2D eigenvalue weighted by Crippen LogP contribution is -2.20. The molecular formula is C25H19FN2O2. The van der Waals surface area contributed by atoms with E-state index in [0.29, 0.717) is 11.4 Å². The lowest BCUT2D eigenvalue weighted by molar-refractivity contribution is -0.115. The molecule has 5 heteroatoms. The van der Waals surface area contributed by atoms with E-state index < -0.39 is 5.82 Å². The average molecular weight is 398 g/mol. The van der Waals surface area contributed by atoms with Crippen LogP contribution in [0.25, 0.3) is 16.8 Å². The van der Waals surface area contributed by atoms with E-state index in [9.17, 15) is 14.0 Å². The molecule has 0 radical (unpaired) electrons. The van der Waals surface area contributed by atoms with E-state index in [1.54, 1.807) is 6.07 Å². The van der Waals surface area contributed by atoms with Crippen molar-refractivity contribution in [2.45, 2.75) is 6.42 Å². The largest absolute Gasteiger partial charge is 0.324 e. The van der Waals surface area contributed by atoms with Gasteiger partial charge in [-0.3, -0.25) is 14.2 Å². The van der Waals surface area contributed by atoms with Crippen LogP contribution in [0.3, 0.4) is 0 Å². The lowest BCUT2D eigenvalue weighted by Gasteiger charge is -2.10. The summed E-state index contributed by atoms with van der Waals surface area (Å²) in [6, 6.07) is 26.5. The Morgan fingerprint density at radius 2 is 1.57 bits per heavy atom. The number of hydrogen-bond acceptors (Lipinski definition) is 2. The number of benzene rings is 3. The molecule has 0 saturated heterocycles. The third-order valence-electron chi connectivity index (χ3n) is 4.71. The number of nitrogens with one attached hydrogen (secondary N) is 1. The molecule has 4 nitrogen and oxygen atoms in total. The van der Waals surface area contributed by atoms with Crippen LogP contribution in [0, 0.1) is 5.82 Å². The lowest BCUT2D eigenvalue weighted by atomic mass is 10.0. The molecule has 1 heterocycles. The molecule has 0 aliphatic carbocycles. The molecule has 4 rings (SSSR count). The molecule has 148 valence electrons. The maximum atomic E-state index is 13.5. The van der Waals surface area contributed by atoms with Gasteiger partial charge in [-0.25, -0.2) is 4.39 Å². The summed E-state index contributed by atoms with van der Waals surface area (Å²) < 4.78 is 14.8. The topological polar surface area (TPSA) is 51.1 Å². The van der Waals surface area contributed by atoms with E-state index in [1.807, 2.05) is 54.6 Å². The quantitative estimate of drug-likeness (QED) is 0.524. The van der Waals surface area contributed by atoms with Crippen molar-refractivity contribution in [2.24, 2.45) is 0 Å². The van der Waals surface area contributed by atoms with Gasteiger partial charge in [-0.2, -0.15) is 0 Å². The first-order valence-electron chi connectivity index (χ1n) is 9.51. The molecule has 0 aliphatic rings. The third kappa shape index (κ3) is 4.52. The monoisotopic (exact) mass is 398 g/mol. The summed E-state index contributed by atoms with van der Waals surface area (Å²) in [5, 5.41) is 2.80. The summed E-state index contributed by atoms with van der Waals surface area (Å²) in [5.41, 5.74) is 3.63. The molecule has 30 heavy (non-hydrogen) atoms. The Kier molecular flexibility index (Phi) is 5.52. The van der Waals surface area contributed by atoms with E-state index >= 15 is 0 Å². The molecule has 0 saturated carbocycles. The Bertz CT molecular complexity index is 1230. The van der Waals surface area contributed by atoms with Gasteiger partial charge >= 0.3 is 0 Å². The van der Waals surface area contributed by atoms with E-state index in [-0.39, 0.29) is 17.9 Å². The Hall–Kier alpha value is -3.99. The van der Waals surface area contributed by atoms with Crippen molar-refractivity contribution < 1.29 is 9.18 Å². The molecule has 4 aromatic rings. The number of aromatic nitrogens is 1. The van der Waals surface area contributed by atoms with Crippen molar-refractivity contribution >= 4 is 11.6 Å². The number of carbonyl (C=O) groups excluding carboxylic acids is 1. The minimum absolute atomic E-state index is 0.202. The van der Waals surface area contributed by atoms with Gasteiger partial charge in [0.05, 0.1) is 17.8 Å². The van der Waals surface area contributed by atoms with Crippen LogP contribution in [-0.4, -0.2) is 10.5 Å². The van der Waals surface area contributed by atoms with Crippen molar-refractivity contribution in [2.75, 3.05) is 5.32 Å². The molecule has 0 spiro atoms. The zero-order valence-electron chi connectivity index (χ0n) is 16.1. The maximum Gasteiger partial charge on any atom is 0.255 e. The van der Waals surface area contributed by atoms with Crippen LogP contribution in [0.2, 0.25) is 0 Å². The van der Waals surface area contributed by atoms with Crippen LogP contribution in [0.1, 0.15) is 5.56 Å². The summed E-state index contributed by atoms with van der Waals surface area (Å²) in [6.45, 7) is 0. The van der Waals surface area contributed by atoms with Gasteiger partial charge in [0.15, 0.2) is 0 Å². The molecule has 0 bridgehead atoms. The minimum atomic E-state index is -0.437. The predicted octanol–water partition coefficient (Wildman–Crippen LogP) is 4.82. The van der Waals surface area contributed by atoms with E-state index in [0.717, 1.165) is 16.7 Å². The standard InChI is InChI=1S/C25H19FN2O2/c26-21-7-4-8-23(16-21)28-17-22(13-14-25(28)30)27-24(29)15-18-9-11-20(12-10-18)19-5-2-1-3-6-19/h1-14,16-17H,15H2,(H,27,29). The van der Waals surface area contributed by atoms with Gasteiger partial charge in [-0.15, -0.1) is 0 Å². The van der Waals surface area contributed by atoms with Crippen molar-refractivity contribution in [3.8, 4) is 16.8 Å². The predicted molar refractivity (Wildman–Crippen MR) is 116 cm³/mol. The first-order chi connectivity index (χ1) is 14.6. The zero-order chi connectivity index (χ0) is 20.9. The average Bonchev–Trinajstić information content (AvgIpc) is 2.76. The number of nitrogens with zero attached hydrogens (tertiary/aromatic N) is 1. The molecular weight excluding hydrogens is 379 g/mol. The molecule has 1 amide bonds. The highest BCUT2D eigenvalue weighted by Gasteiger charge is 2.08. The number of hydrogen-bond donors (Lipinski definition) is 1. The van der Waals surface area contributed by atoms with Gasteiger partial charge in [0, 0.05) is 12.3 Å². The molecule has 0 atom stereocenters. The van der Waals surface area contributed by atoms with Crippen molar-refractivity contribution in [3.63, 3.8) is 0 Å². The second-order valence-corrected chi connectivity index (χ2v) is 6.89. The number of rotatable bonds is 5. The maximum absolute atomic E-state index is 13.5. The van der Waals surface area contributed by atoms with Crippen molar-refractivity contribution in [1.29, 1.82) is 0 Å². The van der Waals surface area contributed by atoms with E-state index in [2.05, 4.69) is 5.32 Å². The highest BCUT2D eigenvalue weighted by Crippen LogP contribution is 2.19. The van der Waals surface area contributed by atoms with Crippen molar-refractivity contribution in [3.05, 3.63) is 119 Å². The zero-order valence-corrected chi connectivity index (χ0v) is 16.1. The van der Waals surface area contributed by atoms with Gasteiger partial charge in [0.25, 0.3) is 5.56 Å². The summed E-state index contributed by atoms with van der Waals surface area (Å²) in [6.07, 6.45) is 1.70. The minimum Gasteiger partial charge on any atom is -0.324 e. The Labute approximate surface area is 173 Å². The molecule has 0 unspecified atom stereocenters. The number of amides is 1. The number of anilines is 1. The smallest absolute Gasteiger partial charge is 0.255 e. The molecule has 0 aliphatic heterocycles. The van der Waals surface area contributed by atoms with Crippen LogP contribution >= 0.6 is 0 Å². The number of halogens is 1. The Balaban J connectivity index is 1.47. The van der Waals surface area contributed by atoms with E-state index in [4.69, 9.17) is 0 Å².